The lowest BCUT2D eigenvalue weighted by molar-refractivity contribution is 0.606. The van der Waals surface area contributed by atoms with Crippen molar-refractivity contribution in [1.29, 1.82) is 0 Å². The average Bonchev–Trinajstić information content (AvgIpc) is 2.35. The van der Waals surface area contributed by atoms with Crippen molar-refractivity contribution in [3.8, 4) is 0 Å². The van der Waals surface area contributed by atoms with Crippen LogP contribution in [0.1, 0.15) is 5.56 Å². The number of benzene rings is 1. The molecular weight excluding hydrogens is 258 g/mol. The van der Waals surface area contributed by atoms with Crippen molar-refractivity contribution in [1.82, 2.24) is 5.43 Å². The van der Waals surface area contributed by atoms with E-state index in [9.17, 15) is 8.42 Å². The van der Waals surface area contributed by atoms with Gasteiger partial charge in [0.05, 0.1) is 5.41 Å². The van der Waals surface area contributed by atoms with Crippen LogP contribution in [0.25, 0.3) is 6.08 Å². The molecule has 0 aromatic heterocycles. The second-order valence-corrected chi connectivity index (χ2v) is 5.25. The number of hydrogen-bond acceptors (Lipinski definition) is 4. The van der Waals surface area contributed by atoms with Crippen LogP contribution in [-0.4, -0.2) is 19.8 Å². The summed E-state index contributed by atoms with van der Waals surface area (Å²) in [4.78, 5) is 0. The third-order valence-corrected chi connectivity index (χ3v) is 3.39. The smallest absolute Gasteiger partial charge is 0.277 e. The van der Waals surface area contributed by atoms with Gasteiger partial charge in [-0.05, 0) is 17.9 Å². The summed E-state index contributed by atoms with van der Waals surface area (Å²) in [5, 5.41) is 1.18. The topological polar surface area (TPSA) is 84.5 Å². The number of nitrogens with two attached hydrogens (primary N) is 1. The van der Waals surface area contributed by atoms with Crippen LogP contribution in [0.4, 0.5) is 0 Å². The van der Waals surface area contributed by atoms with Gasteiger partial charge in [-0.3, -0.25) is 0 Å². The van der Waals surface area contributed by atoms with Gasteiger partial charge in [-0.25, -0.2) is 5.84 Å². The molecule has 0 radical (unpaired) electrons. The number of nitrogens with one attached hydrogen (secondary N) is 1. The molecular formula is C10H13N3O2S2. The standard InChI is InChI=1S/C10H13N3O2S2/c1-16-10(12-11)13-17(14,15)8-7-9-5-3-2-4-6-9/h2-8H,11H2,1H3,(H,12,13). The summed E-state index contributed by atoms with van der Waals surface area (Å²) in [5.74, 6) is 5.11. The summed E-state index contributed by atoms with van der Waals surface area (Å²) in [6.07, 6.45) is 3.16. The van der Waals surface area contributed by atoms with Gasteiger partial charge in [0.25, 0.3) is 10.0 Å². The van der Waals surface area contributed by atoms with Gasteiger partial charge in [0.15, 0.2) is 5.17 Å². The Morgan fingerprint density at radius 1 is 1.41 bits per heavy atom. The molecule has 92 valence electrons. The van der Waals surface area contributed by atoms with E-state index in [1.165, 1.54) is 6.08 Å². The van der Waals surface area contributed by atoms with Gasteiger partial charge in [-0.1, -0.05) is 42.1 Å². The summed E-state index contributed by atoms with van der Waals surface area (Å²) in [7, 11) is -3.66. The van der Waals surface area contributed by atoms with Crippen LogP contribution < -0.4 is 11.3 Å². The van der Waals surface area contributed by atoms with Crippen molar-refractivity contribution in [2.45, 2.75) is 0 Å². The molecule has 17 heavy (non-hydrogen) atoms. The normalized spacial score (nSPS) is 12.9. The molecule has 1 rings (SSSR count). The maximum atomic E-state index is 11.5. The summed E-state index contributed by atoms with van der Waals surface area (Å²) < 4.78 is 26.6. The average molecular weight is 271 g/mol. The van der Waals surface area contributed by atoms with Crippen LogP contribution in [-0.2, 0) is 10.0 Å². The van der Waals surface area contributed by atoms with Gasteiger partial charge in [-0.15, -0.1) is 4.40 Å². The molecule has 0 aliphatic heterocycles. The molecule has 0 bridgehead atoms. The van der Waals surface area contributed by atoms with Gasteiger partial charge in [0.2, 0.25) is 0 Å². The lowest BCUT2D eigenvalue weighted by atomic mass is 10.2. The maximum Gasteiger partial charge on any atom is 0.277 e. The number of rotatable bonds is 3. The maximum absolute atomic E-state index is 11.5. The second-order valence-electron chi connectivity index (χ2n) is 2.97. The Balaban J connectivity index is 2.87. The molecule has 1 aromatic rings. The van der Waals surface area contributed by atoms with Crippen molar-refractivity contribution in [3.63, 3.8) is 0 Å². The molecule has 0 unspecified atom stereocenters. The Morgan fingerprint density at radius 3 is 2.59 bits per heavy atom. The quantitative estimate of drug-likeness (QED) is 0.373. The minimum atomic E-state index is -3.66. The Kier molecular flexibility index (Phi) is 5.20. The summed E-state index contributed by atoms with van der Waals surface area (Å²) in [5.41, 5.74) is 3.00. The highest BCUT2D eigenvalue weighted by molar-refractivity contribution is 8.14. The zero-order chi connectivity index (χ0) is 12.7. The molecule has 0 atom stereocenters. The van der Waals surface area contributed by atoms with Crippen molar-refractivity contribution >= 4 is 33.0 Å². The van der Waals surface area contributed by atoms with Gasteiger partial charge in [0, 0.05) is 0 Å². The molecule has 7 heteroatoms. The lowest BCUT2D eigenvalue weighted by Crippen LogP contribution is -2.28. The number of thioether (sulfide) groups is 1. The third kappa shape index (κ3) is 5.03. The van der Waals surface area contributed by atoms with E-state index < -0.39 is 10.0 Å². The molecule has 0 saturated carbocycles. The van der Waals surface area contributed by atoms with Gasteiger partial charge >= 0.3 is 0 Å². The Labute approximate surface area is 105 Å². The van der Waals surface area contributed by atoms with E-state index in [2.05, 4.69) is 9.82 Å². The highest BCUT2D eigenvalue weighted by Crippen LogP contribution is 2.06. The summed E-state index contributed by atoms with van der Waals surface area (Å²) in [6.45, 7) is 0. The second kappa shape index (κ2) is 6.43. The van der Waals surface area contributed by atoms with E-state index >= 15 is 0 Å². The Bertz CT molecular complexity index is 504. The van der Waals surface area contributed by atoms with Crippen molar-refractivity contribution in [2.24, 2.45) is 10.2 Å². The number of nitrogens with zero attached hydrogens (tertiary/aromatic N) is 1. The molecule has 5 nitrogen and oxygen atoms in total. The SMILES string of the molecule is CSC(=NS(=O)(=O)C=Cc1ccccc1)NN. The van der Waals surface area contributed by atoms with E-state index in [1.807, 2.05) is 18.2 Å². The first-order valence-corrected chi connectivity index (χ1v) is 7.39. The van der Waals surface area contributed by atoms with Crippen molar-refractivity contribution in [3.05, 3.63) is 41.3 Å². The first-order valence-electron chi connectivity index (χ1n) is 4.66. The van der Waals surface area contributed by atoms with E-state index in [0.717, 1.165) is 22.7 Å². The number of hydrazine groups is 1. The van der Waals surface area contributed by atoms with Crippen LogP contribution in [0.15, 0.2) is 40.1 Å². The van der Waals surface area contributed by atoms with Gasteiger partial charge < -0.3 is 5.43 Å². The van der Waals surface area contributed by atoms with Crippen LogP contribution in [0, 0.1) is 0 Å². The molecule has 0 heterocycles. The van der Waals surface area contributed by atoms with E-state index in [4.69, 9.17) is 5.84 Å². The summed E-state index contributed by atoms with van der Waals surface area (Å²) >= 11 is 1.12. The van der Waals surface area contributed by atoms with Crippen LogP contribution in [0.5, 0.6) is 0 Å². The molecule has 0 spiro atoms. The van der Waals surface area contributed by atoms with Crippen molar-refractivity contribution in [2.75, 3.05) is 6.26 Å². The molecule has 1 aromatic carbocycles. The molecule has 0 aliphatic rings. The summed E-state index contributed by atoms with van der Waals surface area (Å²) in [6, 6.07) is 9.10. The monoisotopic (exact) mass is 271 g/mol. The van der Waals surface area contributed by atoms with Gasteiger partial charge in [-0.2, -0.15) is 8.42 Å². The van der Waals surface area contributed by atoms with Gasteiger partial charge in [0.1, 0.15) is 0 Å². The van der Waals surface area contributed by atoms with Crippen LogP contribution in [0.3, 0.4) is 0 Å². The van der Waals surface area contributed by atoms with E-state index in [0.29, 0.717) is 0 Å². The first kappa shape index (κ1) is 13.8. The van der Waals surface area contributed by atoms with Crippen LogP contribution in [0.2, 0.25) is 0 Å². The van der Waals surface area contributed by atoms with Crippen molar-refractivity contribution < 1.29 is 8.42 Å². The van der Waals surface area contributed by atoms with E-state index in [-0.39, 0.29) is 5.17 Å². The number of sulfonamides is 1. The highest BCUT2D eigenvalue weighted by atomic mass is 32.2. The van der Waals surface area contributed by atoms with E-state index in [1.54, 1.807) is 18.4 Å². The minimum Gasteiger partial charge on any atom is -0.302 e. The molecule has 0 aliphatic carbocycles. The Hall–Kier alpha value is -1.31. The molecule has 0 saturated heterocycles. The molecule has 0 amide bonds. The predicted molar refractivity (Wildman–Crippen MR) is 72.7 cm³/mol. The fourth-order valence-corrected chi connectivity index (χ4v) is 2.40. The predicted octanol–water partition coefficient (Wildman–Crippen LogP) is 1.17. The Morgan fingerprint density at radius 2 is 2.06 bits per heavy atom. The van der Waals surface area contributed by atoms with Crippen LogP contribution >= 0.6 is 11.8 Å². The third-order valence-electron chi connectivity index (χ3n) is 1.76. The molecule has 0 fully saturated rings. The lowest BCUT2D eigenvalue weighted by Gasteiger charge is -1.99. The fourth-order valence-electron chi connectivity index (χ4n) is 0.997. The highest BCUT2D eigenvalue weighted by Gasteiger charge is 2.04. The molecule has 3 N–H and O–H groups in total. The minimum absolute atomic E-state index is 0.141. The fraction of sp³-hybridized carbons (Fsp3) is 0.100. The zero-order valence-corrected chi connectivity index (χ0v) is 10.8. The zero-order valence-electron chi connectivity index (χ0n) is 9.20. The number of amidine groups is 1. The first-order chi connectivity index (χ1) is 8.07. The number of hydrogen-bond donors (Lipinski definition) is 2. The largest absolute Gasteiger partial charge is 0.302 e.